The Morgan fingerprint density at radius 2 is 2.04 bits per heavy atom. The van der Waals surface area contributed by atoms with E-state index in [1.165, 1.54) is 6.07 Å². The molecule has 1 aromatic rings. The van der Waals surface area contributed by atoms with Crippen LogP contribution in [0, 0.1) is 17.0 Å². The Balaban J connectivity index is 1.79. The average Bonchev–Trinajstić information content (AvgIpc) is 3.03. The second-order valence-corrected chi connectivity index (χ2v) is 8.33. The highest BCUT2D eigenvalue weighted by Crippen LogP contribution is 2.26. The van der Waals surface area contributed by atoms with Crippen molar-refractivity contribution >= 4 is 23.6 Å². The third kappa shape index (κ3) is 5.86. The summed E-state index contributed by atoms with van der Waals surface area (Å²) < 4.78 is 31.2. The van der Waals surface area contributed by atoms with Crippen molar-refractivity contribution < 1.29 is 23.1 Å². The maximum Gasteiger partial charge on any atom is 0.243 e. The van der Waals surface area contributed by atoms with E-state index >= 15 is 0 Å². The van der Waals surface area contributed by atoms with E-state index in [-0.39, 0.29) is 36.1 Å². The third-order valence-electron chi connectivity index (χ3n) is 3.75. The number of carbonyl (C=O) groups excluding carboxylic acids is 2. The van der Waals surface area contributed by atoms with Crippen molar-refractivity contribution in [3.05, 3.63) is 29.8 Å². The van der Waals surface area contributed by atoms with Crippen LogP contribution in [0.1, 0.15) is 27.2 Å². The number of hydrogen-bond acceptors (Lipinski definition) is 4. The molecule has 0 radical (unpaired) electrons. The number of nitrogens with zero attached hydrogens (tertiary/aromatic N) is 1. The first-order valence-corrected chi connectivity index (χ1v) is 9.55. The summed E-state index contributed by atoms with van der Waals surface area (Å²) in [6.45, 7) is 6.28. The minimum absolute atomic E-state index is 0.0271. The van der Waals surface area contributed by atoms with E-state index in [4.69, 9.17) is 4.74 Å². The molecule has 0 aliphatic carbocycles. The van der Waals surface area contributed by atoms with Gasteiger partial charge in [-0.3, -0.25) is 9.59 Å². The molecule has 1 aliphatic heterocycles. The lowest BCUT2D eigenvalue weighted by Gasteiger charge is -2.26. The second kappa shape index (κ2) is 8.70. The Hall–Kier alpha value is -1.83. The van der Waals surface area contributed by atoms with Gasteiger partial charge in [-0.2, -0.15) is 0 Å². The van der Waals surface area contributed by atoms with Gasteiger partial charge in [-0.1, -0.05) is 20.8 Å². The van der Waals surface area contributed by atoms with Crippen LogP contribution in [-0.4, -0.2) is 47.5 Å². The topological polar surface area (TPSA) is 58.6 Å². The number of ether oxygens (including phenoxy) is 1. The summed E-state index contributed by atoms with van der Waals surface area (Å²) in [5.41, 5.74) is -0.135. The molecule has 1 fully saturated rings. The van der Waals surface area contributed by atoms with E-state index in [9.17, 15) is 18.4 Å². The zero-order valence-electron chi connectivity index (χ0n) is 15.2. The van der Waals surface area contributed by atoms with Gasteiger partial charge in [0.25, 0.3) is 0 Å². The van der Waals surface area contributed by atoms with Crippen LogP contribution in [0.5, 0.6) is 5.75 Å². The highest BCUT2D eigenvalue weighted by molar-refractivity contribution is 7.99. The fraction of sp³-hybridized carbons (Fsp3) is 0.556. The van der Waals surface area contributed by atoms with Gasteiger partial charge in [0, 0.05) is 18.2 Å². The summed E-state index contributed by atoms with van der Waals surface area (Å²) >= 11 is 1.55. The van der Waals surface area contributed by atoms with Gasteiger partial charge in [0.15, 0.2) is 11.6 Å². The van der Waals surface area contributed by atoms with Crippen LogP contribution in [0.3, 0.4) is 0 Å². The largest absolute Gasteiger partial charge is 0.492 e. The summed E-state index contributed by atoms with van der Waals surface area (Å²) in [5, 5.41) is 2.73. The lowest BCUT2D eigenvalue weighted by Crippen LogP contribution is -2.48. The van der Waals surface area contributed by atoms with Gasteiger partial charge in [-0.15, -0.1) is 11.8 Å². The standard InChI is InChI=1S/C18H24F2N2O3S/c1-18(2,3)9-16(23)22-11-26-10-15(22)17(24)21-6-7-25-12-4-5-13(19)14(20)8-12/h4-5,8,15H,6-7,9-11H2,1-3H3,(H,21,24). The highest BCUT2D eigenvalue weighted by atomic mass is 32.2. The van der Waals surface area contributed by atoms with Gasteiger partial charge >= 0.3 is 0 Å². The Labute approximate surface area is 156 Å². The normalized spacial score (nSPS) is 17.3. The van der Waals surface area contributed by atoms with Crippen LogP contribution in [0.2, 0.25) is 0 Å². The molecular weight excluding hydrogens is 362 g/mol. The quantitative estimate of drug-likeness (QED) is 0.764. The van der Waals surface area contributed by atoms with E-state index in [0.717, 1.165) is 12.1 Å². The first-order valence-electron chi connectivity index (χ1n) is 8.40. The van der Waals surface area contributed by atoms with Crippen molar-refractivity contribution in [1.29, 1.82) is 0 Å². The van der Waals surface area contributed by atoms with Crippen LogP contribution < -0.4 is 10.1 Å². The van der Waals surface area contributed by atoms with E-state index in [1.807, 2.05) is 20.8 Å². The molecule has 5 nitrogen and oxygen atoms in total. The summed E-state index contributed by atoms with van der Waals surface area (Å²) in [5.74, 6) is -0.917. The number of thioether (sulfide) groups is 1. The summed E-state index contributed by atoms with van der Waals surface area (Å²) in [6, 6.07) is 2.77. The fourth-order valence-electron chi connectivity index (χ4n) is 2.49. The number of rotatable bonds is 6. The number of hydrogen-bond donors (Lipinski definition) is 1. The van der Waals surface area contributed by atoms with E-state index in [2.05, 4.69) is 5.32 Å². The van der Waals surface area contributed by atoms with Gasteiger partial charge in [-0.05, 0) is 17.5 Å². The van der Waals surface area contributed by atoms with Crippen molar-refractivity contribution in [2.45, 2.75) is 33.2 Å². The molecule has 1 atom stereocenters. The molecule has 8 heteroatoms. The molecule has 1 N–H and O–H groups in total. The molecule has 0 spiro atoms. The molecule has 26 heavy (non-hydrogen) atoms. The second-order valence-electron chi connectivity index (χ2n) is 7.33. The maximum atomic E-state index is 13.1. The van der Waals surface area contributed by atoms with Crippen LogP contribution >= 0.6 is 11.8 Å². The van der Waals surface area contributed by atoms with Gasteiger partial charge in [0.1, 0.15) is 18.4 Å². The van der Waals surface area contributed by atoms with E-state index in [0.29, 0.717) is 18.1 Å². The summed E-state index contributed by atoms with van der Waals surface area (Å²) in [6.07, 6.45) is 0.385. The zero-order chi connectivity index (χ0) is 19.3. The number of nitrogens with one attached hydrogen (secondary N) is 1. The molecule has 1 aromatic carbocycles. The number of carbonyl (C=O) groups is 2. The zero-order valence-corrected chi connectivity index (χ0v) is 16.0. The molecule has 1 saturated heterocycles. The van der Waals surface area contributed by atoms with Crippen molar-refractivity contribution in [3.63, 3.8) is 0 Å². The highest BCUT2D eigenvalue weighted by Gasteiger charge is 2.35. The third-order valence-corrected chi connectivity index (χ3v) is 4.76. The lowest BCUT2D eigenvalue weighted by molar-refractivity contribution is -0.139. The minimum Gasteiger partial charge on any atom is -0.492 e. The van der Waals surface area contributed by atoms with Crippen LogP contribution in [-0.2, 0) is 9.59 Å². The number of benzene rings is 1. The maximum absolute atomic E-state index is 13.1. The number of halogens is 2. The van der Waals surface area contributed by atoms with Crippen molar-refractivity contribution in [2.24, 2.45) is 5.41 Å². The first kappa shape index (κ1) is 20.5. The first-order chi connectivity index (χ1) is 12.2. The Kier molecular flexibility index (Phi) is 6.86. The average molecular weight is 386 g/mol. The minimum atomic E-state index is -0.984. The van der Waals surface area contributed by atoms with Gasteiger partial charge in [0.05, 0.1) is 12.4 Å². The molecule has 144 valence electrons. The Morgan fingerprint density at radius 1 is 1.31 bits per heavy atom. The Morgan fingerprint density at radius 3 is 2.69 bits per heavy atom. The molecule has 1 heterocycles. The van der Waals surface area contributed by atoms with Gasteiger partial charge < -0.3 is 15.0 Å². The lowest BCUT2D eigenvalue weighted by atomic mass is 9.91. The summed E-state index contributed by atoms with van der Waals surface area (Å²) in [4.78, 5) is 26.4. The van der Waals surface area contributed by atoms with Crippen LogP contribution in [0.4, 0.5) is 8.78 Å². The molecule has 0 saturated carbocycles. The molecule has 2 rings (SSSR count). The smallest absolute Gasteiger partial charge is 0.243 e. The van der Waals surface area contributed by atoms with E-state index < -0.39 is 17.7 Å². The van der Waals surface area contributed by atoms with Crippen molar-refractivity contribution in [2.75, 3.05) is 24.8 Å². The molecule has 1 unspecified atom stereocenters. The molecule has 0 bridgehead atoms. The monoisotopic (exact) mass is 386 g/mol. The number of amides is 2. The molecule has 0 aromatic heterocycles. The van der Waals surface area contributed by atoms with Gasteiger partial charge in [0.2, 0.25) is 11.8 Å². The van der Waals surface area contributed by atoms with Gasteiger partial charge in [-0.25, -0.2) is 8.78 Å². The summed E-state index contributed by atoms with van der Waals surface area (Å²) in [7, 11) is 0. The molecule has 1 aliphatic rings. The Bertz CT molecular complexity index is 664. The molecular formula is C18H24F2N2O3S. The van der Waals surface area contributed by atoms with Crippen LogP contribution in [0.25, 0.3) is 0 Å². The van der Waals surface area contributed by atoms with Crippen LogP contribution in [0.15, 0.2) is 18.2 Å². The van der Waals surface area contributed by atoms with Crippen molar-refractivity contribution in [1.82, 2.24) is 10.2 Å². The van der Waals surface area contributed by atoms with Crippen molar-refractivity contribution in [3.8, 4) is 5.75 Å². The van der Waals surface area contributed by atoms with E-state index in [1.54, 1.807) is 16.7 Å². The SMILES string of the molecule is CC(C)(C)CC(=O)N1CSCC1C(=O)NCCOc1ccc(F)c(F)c1. The predicted molar refractivity (Wildman–Crippen MR) is 96.9 cm³/mol. The molecule has 2 amide bonds. The fourth-order valence-corrected chi connectivity index (χ4v) is 3.67. The predicted octanol–water partition coefficient (Wildman–Crippen LogP) is 2.80.